The Morgan fingerprint density at radius 1 is 1.26 bits per heavy atom. The summed E-state index contributed by atoms with van der Waals surface area (Å²) in [6.45, 7) is 2.01. The van der Waals surface area contributed by atoms with E-state index >= 15 is 0 Å². The number of rotatable bonds is 3. The summed E-state index contributed by atoms with van der Waals surface area (Å²) >= 11 is 5.79. The van der Waals surface area contributed by atoms with Crippen LogP contribution in [0.25, 0.3) is 0 Å². The van der Waals surface area contributed by atoms with Gasteiger partial charge in [0.15, 0.2) is 17.4 Å². The van der Waals surface area contributed by atoms with Crippen LogP contribution in [0, 0.1) is 18.6 Å². The fraction of sp³-hybridized carbons (Fsp3) is 0.154. The van der Waals surface area contributed by atoms with E-state index in [-0.39, 0.29) is 6.54 Å². The Kier molecular flexibility index (Phi) is 3.85. The number of aryl methyl sites for hydroxylation is 1. The fourth-order valence-electron chi connectivity index (χ4n) is 1.58. The predicted molar refractivity (Wildman–Crippen MR) is 69.3 cm³/mol. The lowest BCUT2D eigenvalue weighted by molar-refractivity contribution is 0.395. The summed E-state index contributed by atoms with van der Waals surface area (Å²) in [6, 6.07) is 3.92. The molecule has 19 heavy (non-hydrogen) atoms. The van der Waals surface area contributed by atoms with Gasteiger partial charge >= 0.3 is 0 Å². The molecular weight excluding hydrogens is 274 g/mol. The third kappa shape index (κ3) is 3.12. The van der Waals surface area contributed by atoms with Crippen molar-refractivity contribution in [3.63, 3.8) is 0 Å². The van der Waals surface area contributed by atoms with Crippen molar-refractivity contribution in [3.05, 3.63) is 52.3 Å². The summed E-state index contributed by atoms with van der Waals surface area (Å²) in [4.78, 5) is 3.95. The number of aromatic nitrogens is 1. The highest BCUT2D eigenvalue weighted by Gasteiger charge is 2.09. The number of halogens is 3. The minimum absolute atomic E-state index is 0.205. The van der Waals surface area contributed by atoms with Crippen LogP contribution in [0.3, 0.4) is 0 Å². The largest absolute Gasteiger partial charge is 0.503 e. The van der Waals surface area contributed by atoms with Crippen LogP contribution in [-0.2, 0) is 6.54 Å². The van der Waals surface area contributed by atoms with Crippen LogP contribution in [0.4, 0.5) is 14.5 Å². The molecule has 0 aliphatic heterocycles. The number of hydrogen-bond acceptors (Lipinski definition) is 3. The molecule has 2 aromatic rings. The molecule has 0 fully saturated rings. The SMILES string of the molecule is Cc1cc(NCc2cc(F)c(O)c(F)c2)cnc1Cl. The summed E-state index contributed by atoms with van der Waals surface area (Å²) in [5, 5.41) is 12.4. The van der Waals surface area contributed by atoms with Gasteiger partial charge < -0.3 is 10.4 Å². The van der Waals surface area contributed by atoms with Crippen LogP contribution >= 0.6 is 11.6 Å². The van der Waals surface area contributed by atoms with Gasteiger partial charge in [-0.3, -0.25) is 0 Å². The average molecular weight is 285 g/mol. The Bertz CT molecular complexity index is 597. The molecule has 1 aromatic carbocycles. The molecule has 0 aliphatic carbocycles. The van der Waals surface area contributed by atoms with E-state index in [0.29, 0.717) is 16.4 Å². The zero-order chi connectivity index (χ0) is 14.0. The number of hydrogen-bond donors (Lipinski definition) is 2. The van der Waals surface area contributed by atoms with Gasteiger partial charge in [0.1, 0.15) is 5.15 Å². The van der Waals surface area contributed by atoms with E-state index in [1.807, 2.05) is 0 Å². The van der Waals surface area contributed by atoms with Gasteiger partial charge in [-0.2, -0.15) is 0 Å². The number of anilines is 1. The summed E-state index contributed by atoms with van der Waals surface area (Å²) in [6.07, 6.45) is 1.53. The molecule has 0 saturated carbocycles. The topological polar surface area (TPSA) is 45.1 Å². The molecule has 2 rings (SSSR count). The van der Waals surface area contributed by atoms with Gasteiger partial charge in [0.05, 0.1) is 11.9 Å². The number of aromatic hydroxyl groups is 1. The molecule has 0 atom stereocenters. The average Bonchev–Trinajstić information content (AvgIpc) is 2.37. The molecule has 0 saturated heterocycles. The van der Waals surface area contributed by atoms with Gasteiger partial charge in [0, 0.05) is 6.54 Å². The number of benzene rings is 1. The van der Waals surface area contributed by atoms with E-state index in [4.69, 9.17) is 16.7 Å². The van der Waals surface area contributed by atoms with E-state index in [0.717, 1.165) is 17.7 Å². The van der Waals surface area contributed by atoms with Crippen molar-refractivity contribution in [2.75, 3.05) is 5.32 Å². The van der Waals surface area contributed by atoms with Crippen molar-refractivity contribution < 1.29 is 13.9 Å². The van der Waals surface area contributed by atoms with Crippen molar-refractivity contribution in [2.24, 2.45) is 0 Å². The molecule has 100 valence electrons. The molecule has 0 unspecified atom stereocenters. The summed E-state index contributed by atoms with van der Waals surface area (Å²) in [7, 11) is 0. The Hall–Kier alpha value is -1.88. The first-order chi connectivity index (χ1) is 8.97. The maximum absolute atomic E-state index is 13.1. The van der Waals surface area contributed by atoms with Crippen LogP contribution in [0.1, 0.15) is 11.1 Å². The van der Waals surface area contributed by atoms with Crippen molar-refractivity contribution in [2.45, 2.75) is 13.5 Å². The maximum atomic E-state index is 13.1. The fourth-order valence-corrected chi connectivity index (χ4v) is 1.68. The predicted octanol–water partition coefficient (Wildman–Crippen LogP) is 3.64. The summed E-state index contributed by atoms with van der Waals surface area (Å²) in [5.41, 5.74) is 1.87. The number of nitrogens with zero attached hydrogens (tertiary/aromatic N) is 1. The lowest BCUT2D eigenvalue weighted by Crippen LogP contribution is -2.01. The monoisotopic (exact) mass is 284 g/mol. The van der Waals surface area contributed by atoms with E-state index < -0.39 is 17.4 Å². The van der Waals surface area contributed by atoms with Crippen LogP contribution in [0.5, 0.6) is 5.75 Å². The van der Waals surface area contributed by atoms with Crippen LogP contribution in [0.2, 0.25) is 5.15 Å². The molecule has 0 amide bonds. The van der Waals surface area contributed by atoms with Crippen molar-refractivity contribution >= 4 is 17.3 Å². The Morgan fingerprint density at radius 2 is 1.89 bits per heavy atom. The van der Waals surface area contributed by atoms with Crippen LogP contribution in [-0.4, -0.2) is 10.1 Å². The van der Waals surface area contributed by atoms with Crippen LogP contribution < -0.4 is 5.32 Å². The summed E-state index contributed by atoms with van der Waals surface area (Å²) in [5.74, 6) is -2.93. The van der Waals surface area contributed by atoms with Crippen molar-refractivity contribution in [1.29, 1.82) is 0 Å². The number of nitrogens with one attached hydrogen (secondary N) is 1. The Balaban J connectivity index is 2.12. The van der Waals surface area contributed by atoms with E-state index in [1.54, 1.807) is 13.0 Å². The minimum Gasteiger partial charge on any atom is -0.503 e. The number of pyridine rings is 1. The second-order valence-corrected chi connectivity index (χ2v) is 4.45. The summed E-state index contributed by atoms with van der Waals surface area (Å²) < 4.78 is 26.3. The van der Waals surface area contributed by atoms with Gasteiger partial charge in [0.25, 0.3) is 0 Å². The molecule has 0 radical (unpaired) electrons. The second-order valence-electron chi connectivity index (χ2n) is 4.09. The highest BCUT2D eigenvalue weighted by atomic mass is 35.5. The lowest BCUT2D eigenvalue weighted by Gasteiger charge is -2.08. The van der Waals surface area contributed by atoms with Crippen molar-refractivity contribution in [3.8, 4) is 5.75 Å². The molecule has 0 aliphatic rings. The Labute approximate surface area is 113 Å². The first-order valence-electron chi connectivity index (χ1n) is 5.50. The van der Waals surface area contributed by atoms with Gasteiger partial charge in [-0.05, 0) is 36.2 Å². The molecule has 0 bridgehead atoms. The normalized spacial score (nSPS) is 10.5. The number of phenolic OH excluding ortho intramolecular Hbond substituents is 1. The van der Waals surface area contributed by atoms with Gasteiger partial charge in [-0.25, -0.2) is 13.8 Å². The highest BCUT2D eigenvalue weighted by Crippen LogP contribution is 2.22. The first-order valence-corrected chi connectivity index (χ1v) is 5.88. The minimum atomic E-state index is -0.984. The molecule has 1 heterocycles. The third-order valence-electron chi connectivity index (χ3n) is 2.59. The standard InChI is InChI=1S/C13H11ClF2N2O/c1-7-2-9(6-18-13(7)14)17-5-8-3-10(15)12(19)11(16)4-8/h2-4,6,17,19H,5H2,1H3. The smallest absolute Gasteiger partial charge is 0.187 e. The van der Waals surface area contributed by atoms with Gasteiger partial charge in [-0.1, -0.05) is 11.6 Å². The molecule has 2 N–H and O–H groups in total. The van der Waals surface area contributed by atoms with Gasteiger partial charge in [-0.15, -0.1) is 0 Å². The molecule has 0 spiro atoms. The zero-order valence-electron chi connectivity index (χ0n) is 10.0. The zero-order valence-corrected chi connectivity index (χ0v) is 10.8. The van der Waals surface area contributed by atoms with Gasteiger partial charge in [0.2, 0.25) is 0 Å². The van der Waals surface area contributed by atoms with E-state index in [1.165, 1.54) is 6.20 Å². The molecule has 1 aromatic heterocycles. The maximum Gasteiger partial charge on any atom is 0.187 e. The third-order valence-corrected chi connectivity index (χ3v) is 2.98. The second kappa shape index (κ2) is 5.40. The lowest BCUT2D eigenvalue weighted by atomic mass is 10.2. The first kappa shape index (κ1) is 13.5. The molecular formula is C13H11ClF2N2O. The van der Waals surface area contributed by atoms with E-state index in [2.05, 4.69) is 10.3 Å². The molecule has 3 nitrogen and oxygen atoms in total. The van der Waals surface area contributed by atoms with E-state index in [9.17, 15) is 8.78 Å². The number of phenols is 1. The highest BCUT2D eigenvalue weighted by molar-refractivity contribution is 6.30. The quantitative estimate of drug-likeness (QED) is 0.846. The Morgan fingerprint density at radius 3 is 2.47 bits per heavy atom. The van der Waals surface area contributed by atoms with Crippen molar-refractivity contribution in [1.82, 2.24) is 4.98 Å². The molecule has 6 heteroatoms. The van der Waals surface area contributed by atoms with Crippen LogP contribution in [0.15, 0.2) is 24.4 Å².